The standard InChI is InChI=1S/C14H20N4O3/c1-2-10-4-3-7-17(9-10)13-6-5-11(18(20)21)8-12(13)14(15)16-19/h5-6,8,10,19H,2-4,7,9H2,1H3,(H2,15,16). The third kappa shape index (κ3) is 3.24. The Balaban J connectivity index is 2.40. The number of hydrogen-bond acceptors (Lipinski definition) is 5. The summed E-state index contributed by atoms with van der Waals surface area (Å²) < 4.78 is 0. The second kappa shape index (κ2) is 6.43. The summed E-state index contributed by atoms with van der Waals surface area (Å²) in [6.07, 6.45) is 3.37. The third-order valence-electron chi connectivity index (χ3n) is 4.01. The van der Waals surface area contributed by atoms with Gasteiger partial charge in [-0.3, -0.25) is 10.1 Å². The topological polar surface area (TPSA) is 105 Å². The number of anilines is 1. The molecule has 2 rings (SSSR count). The first-order valence-electron chi connectivity index (χ1n) is 7.08. The molecule has 1 saturated heterocycles. The van der Waals surface area contributed by atoms with E-state index in [1.165, 1.54) is 18.6 Å². The molecule has 1 heterocycles. The number of rotatable bonds is 4. The van der Waals surface area contributed by atoms with Gasteiger partial charge in [-0.15, -0.1) is 0 Å². The number of piperidine rings is 1. The van der Waals surface area contributed by atoms with Crippen molar-refractivity contribution in [3.8, 4) is 0 Å². The Bertz CT molecular complexity index is 559. The molecule has 1 aromatic carbocycles. The lowest BCUT2D eigenvalue weighted by atomic mass is 9.94. The van der Waals surface area contributed by atoms with Gasteiger partial charge < -0.3 is 15.8 Å². The SMILES string of the molecule is CCC1CCCN(c2ccc([N+](=O)[O-])cc2C(N)=NO)C1. The zero-order chi connectivity index (χ0) is 15.4. The highest BCUT2D eigenvalue weighted by Crippen LogP contribution is 2.30. The minimum Gasteiger partial charge on any atom is -0.409 e. The first-order valence-corrected chi connectivity index (χ1v) is 7.08. The van der Waals surface area contributed by atoms with Gasteiger partial charge >= 0.3 is 0 Å². The summed E-state index contributed by atoms with van der Waals surface area (Å²) >= 11 is 0. The van der Waals surface area contributed by atoms with Crippen molar-refractivity contribution in [3.05, 3.63) is 33.9 Å². The third-order valence-corrected chi connectivity index (χ3v) is 4.01. The molecule has 7 nitrogen and oxygen atoms in total. The van der Waals surface area contributed by atoms with Crippen LogP contribution in [-0.4, -0.2) is 29.1 Å². The van der Waals surface area contributed by atoms with E-state index in [0.717, 1.165) is 31.6 Å². The van der Waals surface area contributed by atoms with Crippen LogP contribution in [-0.2, 0) is 0 Å². The monoisotopic (exact) mass is 292 g/mol. The summed E-state index contributed by atoms with van der Waals surface area (Å²) in [6, 6.07) is 4.50. The van der Waals surface area contributed by atoms with Gasteiger partial charge in [-0.1, -0.05) is 18.5 Å². The predicted octanol–water partition coefficient (Wildman–Crippen LogP) is 2.32. The van der Waals surface area contributed by atoms with E-state index in [9.17, 15) is 10.1 Å². The van der Waals surface area contributed by atoms with E-state index < -0.39 is 4.92 Å². The van der Waals surface area contributed by atoms with Crippen molar-refractivity contribution in [3.63, 3.8) is 0 Å². The fourth-order valence-corrected chi connectivity index (χ4v) is 2.79. The quantitative estimate of drug-likeness (QED) is 0.291. The number of amidine groups is 1. The molecule has 1 fully saturated rings. The minimum atomic E-state index is -0.483. The highest BCUT2D eigenvalue weighted by molar-refractivity contribution is 6.02. The molecule has 0 aliphatic carbocycles. The molecule has 0 radical (unpaired) electrons. The van der Waals surface area contributed by atoms with Crippen LogP contribution in [0.4, 0.5) is 11.4 Å². The first kappa shape index (κ1) is 15.1. The van der Waals surface area contributed by atoms with Crippen LogP contribution in [0.5, 0.6) is 0 Å². The molecule has 0 amide bonds. The van der Waals surface area contributed by atoms with E-state index in [4.69, 9.17) is 10.9 Å². The number of benzene rings is 1. The fraction of sp³-hybridized carbons (Fsp3) is 0.500. The predicted molar refractivity (Wildman–Crippen MR) is 80.8 cm³/mol. The van der Waals surface area contributed by atoms with E-state index in [2.05, 4.69) is 17.0 Å². The van der Waals surface area contributed by atoms with Gasteiger partial charge in [-0.2, -0.15) is 0 Å². The van der Waals surface area contributed by atoms with Gasteiger partial charge in [0.1, 0.15) is 0 Å². The Hall–Kier alpha value is -2.31. The largest absolute Gasteiger partial charge is 0.409 e. The summed E-state index contributed by atoms with van der Waals surface area (Å²) in [5, 5.41) is 22.8. The van der Waals surface area contributed by atoms with Crippen LogP contribution in [0.3, 0.4) is 0 Å². The molecule has 1 unspecified atom stereocenters. The van der Waals surface area contributed by atoms with Crippen molar-refractivity contribution in [2.45, 2.75) is 26.2 Å². The second-order valence-corrected chi connectivity index (χ2v) is 5.31. The Morgan fingerprint density at radius 3 is 3.00 bits per heavy atom. The number of non-ortho nitro benzene ring substituents is 1. The Kier molecular flexibility index (Phi) is 4.62. The second-order valence-electron chi connectivity index (χ2n) is 5.31. The van der Waals surface area contributed by atoms with Crippen molar-refractivity contribution in [2.24, 2.45) is 16.8 Å². The number of nitrogens with two attached hydrogens (primary N) is 1. The number of nitro groups is 1. The zero-order valence-corrected chi connectivity index (χ0v) is 12.0. The average Bonchev–Trinajstić information content (AvgIpc) is 2.53. The molecule has 21 heavy (non-hydrogen) atoms. The molecule has 1 aliphatic heterocycles. The van der Waals surface area contributed by atoms with Gasteiger partial charge in [0.05, 0.1) is 10.5 Å². The maximum absolute atomic E-state index is 10.9. The average molecular weight is 292 g/mol. The number of oxime groups is 1. The fourth-order valence-electron chi connectivity index (χ4n) is 2.79. The lowest BCUT2D eigenvalue weighted by Gasteiger charge is -2.35. The molecule has 0 bridgehead atoms. The summed E-state index contributed by atoms with van der Waals surface area (Å²) in [5.74, 6) is 0.501. The molecule has 114 valence electrons. The summed E-state index contributed by atoms with van der Waals surface area (Å²) in [7, 11) is 0. The highest BCUT2D eigenvalue weighted by atomic mass is 16.6. The van der Waals surface area contributed by atoms with Gasteiger partial charge in [0.2, 0.25) is 0 Å². The molecular formula is C14H20N4O3. The van der Waals surface area contributed by atoms with Crippen molar-refractivity contribution < 1.29 is 10.1 Å². The van der Waals surface area contributed by atoms with Crippen LogP contribution in [0.15, 0.2) is 23.4 Å². The van der Waals surface area contributed by atoms with Crippen molar-refractivity contribution >= 4 is 17.2 Å². The highest BCUT2D eigenvalue weighted by Gasteiger charge is 2.23. The Morgan fingerprint density at radius 2 is 2.38 bits per heavy atom. The maximum Gasteiger partial charge on any atom is 0.270 e. The van der Waals surface area contributed by atoms with Crippen LogP contribution in [0.1, 0.15) is 31.7 Å². The summed E-state index contributed by atoms with van der Waals surface area (Å²) in [4.78, 5) is 12.6. The van der Waals surface area contributed by atoms with Gasteiger partial charge in [-0.25, -0.2) is 0 Å². The molecule has 0 spiro atoms. The molecule has 7 heteroatoms. The first-order chi connectivity index (χ1) is 10.1. The van der Waals surface area contributed by atoms with E-state index >= 15 is 0 Å². The van der Waals surface area contributed by atoms with E-state index in [0.29, 0.717) is 11.5 Å². The lowest BCUT2D eigenvalue weighted by molar-refractivity contribution is -0.384. The summed E-state index contributed by atoms with van der Waals surface area (Å²) in [5.41, 5.74) is 6.82. The number of hydrogen-bond donors (Lipinski definition) is 2. The van der Waals surface area contributed by atoms with Crippen LogP contribution >= 0.6 is 0 Å². The lowest BCUT2D eigenvalue weighted by Crippen LogP contribution is -2.36. The van der Waals surface area contributed by atoms with E-state index in [1.807, 2.05) is 0 Å². The maximum atomic E-state index is 10.9. The Labute approximate surface area is 123 Å². The molecule has 0 saturated carbocycles. The van der Waals surface area contributed by atoms with Gasteiger partial charge in [0, 0.05) is 30.9 Å². The molecule has 1 aliphatic rings. The normalized spacial score (nSPS) is 19.6. The Morgan fingerprint density at radius 1 is 1.62 bits per heavy atom. The van der Waals surface area contributed by atoms with E-state index in [-0.39, 0.29) is 11.5 Å². The van der Waals surface area contributed by atoms with Gasteiger partial charge in [0.25, 0.3) is 5.69 Å². The zero-order valence-electron chi connectivity index (χ0n) is 12.0. The van der Waals surface area contributed by atoms with Crippen molar-refractivity contribution in [2.75, 3.05) is 18.0 Å². The van der Waals surface area contributed by atoms with Crippen LogP contribution in [0, 0.1) is 16.0 Å². The van der Waals surface area contributed by atoms with Gasteiger partial charge in [0.15, 0.2) is 5.84 Å². The van der Waals surface area contributed by atoms with Crippen molar-refractivity contribution in [1.29, 1.82) is 0 Å². The molecule has 1 aromatic rings. The minimum absolute atomic E-state index is 0.0654. The van der Waals surface area contributed by atoms with E-state index in [1.54, 1.807) is 6.07 Å². The molecular weight excluding hydrogens is 272 g/mol. The van der Waals surface area contributed by atoms with Gasteiger partial charge in [-0.05, 0) is 24.8 Å². The van der Waals surface area contributed by atoms with Crippen LogP contribution in [0.2, 0.25) is 0 Å². The number of nitro benzene ring substituents is 1. The van der Waals surface area contributed by atoms with Crippen molar-refractivity contribution in [1.82, 2.24) is 0 Å². The van der Waals surface area contributed by atoms with Crippen LogP contribution in [0.25, 0.3) is 0 Å². The molecule has 1 atom stereocenters. The smallest absolute Gasteiger partial charge is 0.270 e. The van der Waals surface area contributed by atoms with Crippen LogP contribution < -0.4 is 10.6 Å². The molecule has 0 aromatic heterocycles. The summed E-state index contributed by atoms with van der Waals surface area (Å²) in [6.45, 7) is 3.93. The number of nitrogens with zero attached hydrogens (tertiary/aromatic N) is 3. The molecule has 3 N–H and O–H groups in total.